The molecule has 0 amide bonds. The van der Waals surface area contributed by atoms with Crippen LogP contribution in [0.15, 0.2) is 36.4 Å². The summed E-state index contributed by atoms with van der Waals surface area (Å²) in [7, 11) is 1.62. The molecule has 0 spiro atoms. The minimum atomic E-state index is -0.738. The van der Waals surface area contributed by atoms with Gasteiger partial charge in [0.05, 0.1) is 7.11 Å². The van der Waals surface area contributed by atoms with Crippen LogP contribution in [0.1, 0.15) is 28.4 Å². The molecule has 0 aromatic heterocycles. The maximum atomic E-state index is 10.5. The maximum Gasteiger partial charge on any atom is 0.128 e. The van der Waals surface area contributed by atoms with Crippen LogP contribution in [0.5, 0.6) is 5.75 Å². The van der Waals surface area contributed by atoms with Crippen LogP contribution in [-0.2, 0) is 0 Å². The number of benzene rings is 2. The molecule has 19 heavy (non-hydrogen) atoms. The zero-order valence-corrected chi connectivity index (χ0v) is 11.5. The Kier molecular flexibility index (Phi) is 3.76. The maximum absolute atomic E-state index is 10.5. The fourth-order valence-electron chi connectivity index (χ4n) is 2.21. The second kappa shape index (κ2) is 5.33. The Morgan fingerprint density at radius 2 is 1.89 bits per heavy atom. The molecule has 0 aliphatic heterocycles. The monoisotopic (exact) mass is 257 g/mol. The lowest BCUT2D eigenvalue weighted by atomic mass is 9.96. The first-order chi connectivity index (χ1) is 9.04. The fourth-order valence-corrected chi connectivity index (χ4v) is 2.21. The number of aryl methyl sites for hydroxylation is 1. The molecule has 2 rings (SSSR count). The summed E-state index contributed by atoms with van der Waals surface area (Å²) in [6, 6.07) is 11.2. The van der Waals surface area contributed by atoms with Gasteiger partial charge in [0.2, 0.25) is 0 Å². The van der Waals surface area contributed by atoms with Crippen molar-refractivity contribution in [2.24, 2.45) is 0 Å². The van der Waals surface area contributed by atoms with Crippen molar-refractivity contribution in [2.45, 2.75) is 20.0 Å². The SMILES string of the molecule is COc1c(C(O)c2cccc(N)c2)ccc(C)c1C. The summed E-state index contributed by atoms with van der Waals surface area (Å²) in [5.41, 5.74) is 10.1. The Morgan fingerprint density at radius 3 is 2.53 bits per heavy atom. The van der Waals surface area contributed by atoms with E-state index in [1.54, 1.807) is 19.2 Å². The molecule has 1 atom stereocenters. The fraction of sp³-hybridized carbons (Fsp3) is 0.250. The normalized spacial score (nSPS) is 12.2. The highest BCUT2D eigenvalue weighted by Gasteiger charge is 2.17. The number of anilines is 1. The number of rotatable bonds is 3. The highest BCUT2D eigenvalue weighted by atomic mass is 16.5. The van der Waals surface area contributed by atoms with Gasteiger partial charge in [0.25, 0.3) is 0 Å². The van der Waals surface area contributed by atoms with Crippen molar-refractivity contribution < 1.29 is 9.84 Å². The van der Waals surface area contributed by atoms with Crippen LogP contribution in [0.25, 0.3) is 0 Å². The van der Waals surface area contributed by atoms with Crippen molar-refractivity contribution in [3.05, 3.63) is 58.7 Å². The Labute approximate surface area is 113 Å². The third kappa shape index (κ3) is 2.56. The van der Waals surface area contributed by atoms with E-state index in [0.717, 1.165) is 28.0 Å². The summed E-state index contributed by atoms with van der Waals surface area (Å²) >= 11 is 0. The lowest BCUT2D eigenvalue weighted by Crippen LogP contribution is -2.05. The van der Waals surface area contributed by atoms with Crippen LogP contribution in [0.2, 0.25) is 0 Å². The first-order valence-electron chi connectivity index (χ1n) is 6.22. The lowest BCUT2D eigenvalue weighted by Gasteiger charge is -2.18. The molecular formula is C16H19NO2. The number of methoxy groups -OCH3 is 1. The van der Waals surface area contributed by atoms with Crippen molar-refractivity contribution >= 4 is 5.69 Å². The quantitative estimate of drug-likeness (QED) is 0.831. The van der Waals surface area contributed by atoms with Gasteiger partial charge in [-0.3, -0.25) is 0 Å². The Bertz CT molecular complexity index is 593. The summed E-state index contributed by atoms with van der Waals surface area (Å²) in [6.45, 7) is 4.01. The van der Waals surface area contributed by atoms with Gasteiger partial charge in [-0.15, -0.1) is 0 Å². The minimum absolute atomic E-state index is 0.638. The molecule has 2 aromatic carbocycles. The van der Waals surface area contributed by atoms with E-state index in [1.807, 2.05) is 38.1 Å². The van der Waals surface area contributed by atoms with Gasteiger partial charge in [-0.1, -0.05) is 24.3 Å². The molecule has 0 heterocycles. The van der Waals surface area contributed by atoms with Crippen LogP contribution in [0.4, 0.5) is 5.69 Å². The summed E-state index contributed by atoms with van der Waals surface area (Å²) in [6.07, 6.45) is -0.738. The van der Waals surface area contributed by atoms with Gasteiger partial charge < -0.3 is 15.6 Å². The van der Waals surface area contributed by atoms with Gasteiger partial charge >= 0.3 is 0 Å². The van der Waals surface area contributed by atoms with Crippen LogP contribution in [-0.4, -0.2) is 12.2 Å². The van der Waals surface area contributed by atoms with Gasteiger partial charge in [-0.2, -0.15) is 0 Å². The topological polar surface area (TPSA) is 55.5 Å². The number of aliphatic hydroxyl groups is 1. The molecule has 0 aliphatic carbocycles. The highest BCUT2D eigenvalue weighted by Crippen LogP contribution is 2.34. The summed E-state index contributed by atoms with van der Waals surface area (Å²) in [5.74, 6) is 0.731. The largest absolute Gasteiger partial charge is 0.496 e. The van der Waals surface area contributed by atoms with E-state index in [2.05, 4.69) is 0 Å². The van der Waals surface area contributed by atoms with E-state index in [-0.39, 0.29) is 0 Å². The molecule has 3 nitrogen and oxygen atoms in total. The third-order valence-electron chi connectivity index (χ3n) is 3.43. The van der Waals surface area contributed by atoms with Crippen LogP contribution >= 0.6 is 0 Å². The van der Waals surface area contributed by atoms with Crippen LogP contribution in [0, 0.1) is 13.8 Å². The molecule has 0 saturated carbocycles. The van der Waals surface area contributed by atoms with E-state index in [9.17, 15) is 5.11 Å². The molecule has 100 valence electrons. The van der Waals surface area contributed by atoms with E-state index in [1.165, 1.54) is 0 Å². The second-order valence-corrected chi connectivity index (χ2v) is 4.70. The standard InChI is InChI=1S/C16H19NO2/c1-10-7-8-14(16(19-3)11(10)2)15(18)12-5-4-6-13(17)9-12/h4-9,15,18H,17H2,1-3H3. The minimum Gasteiger partial charge on any atom is -0.496 e. The van der Waals surface area contributed by atoms with Crippen molar-refractivity contribution in [3.63, 3.8) is 0 Å². The Balaban J connectivity index is 2.50. The molecule has 1 unspecified atom stereocenters. The summed E-state index contributed by atoms with van der Waals surface area (Å²) < 4.78 is 5.44. The van der Waals surface area contributed by atoms with E-state index in [4.69, 9.17) is 10.5 Å². The first kappa shape index (κ1) is 13.4. The van der Waals surface area contributed by atoms with Gasteiger partial charge in [0, 0.05) is 11.3 Å². The molecule has 3 heteroatoms. The first-order valence-corrected chi connectivity index (χ1v) is 6.22. The van der Waals surface area contributed by atoms with E-state index >= 15 is 0 Å². The predicted octanol–water partition coefficient (Wildman–Crippen LogP) is 2.98. The summed E-state index contributed by atoms with van der Waals surface area (Å²) in [5, 5.41) is 10.5. The third-order valence-corrected chi connectivity index (χ3v) is 3.43. The average Bonchev–Trinajstić information content (AvgIpc) is 2.41. The van der Waals surface area contributed by atoms with Crippen LogP contribution in [0.3, 0.4) is 0 Å². The second-order valence-electron chi connectivity index (χ2n) is 4.70. The van der Waals surface area contributed by atoms with Crippen molar-refractivity contribution in [2.75, 3.05) is 12.8 Å². The van der Waals surface area contributed by atoms with Crippen molar-refractivity contribution in [3.8, 4) is 5.75 Å². The number of aliphatic hydroxyl groups excluding tert-OH is 1. The number of nitrogens with two attached hydrogens (primary N) is 1. The highest BCUT2D eigenvalue weighted by molar-refractivity contribution is 5.50. The smallest absolute Gasteiger partial charge is 0.128 e. The van der Waals surface area contributed by atoms with Gasteiger partial charge in [-0.05, 0) is 42.7 Å². The number of hydrogen-bond donors (Lipinski definition) is 2. The van der Waals surface area contributed by atoms with Gasteiger partial charge in [0.15, 0.2) is 0 Å². The zero-order valence-electron chi connectivity index (χ0n) is 11.5. The van der Waals surface area contributed by atoms with Gasteiger partial charge in [-0.25, -0.2) is 0 Å². The van der Waals surface area contributed by atoms with E-state index < -0.39 is 6.10 Å². The van der Waals surface area contributed by atoms with Crippen molar-refractivity contribution in [1.82, 2.24) is 0 Å². The molecule has 2 aromatic rings. The zero-order chi connectivity index (χ0) is 14.0. The molecule has 0 radical (unpaired) electrons. The molecule has 3 N–H and O–H groups in total. The predicted molar refractivity (Wildman–Crippen MR) is 77.4 cm³/mol. The Morgan fingerprint density at radius 1 is 1.16 bits per heavy atom. The van der Waals surface area contributed by atoms with Crippen molar-refractivity contribution in [1.29, 1.82) is 0 Å². The Hall–Kier alpha value is -2.00. The lowest BCUT2D eigenvalue weighted by molar-refractivity contribution is 0.214. The molecule has 0 bridgehead atoms. The summed E-state index contributed by atoms with van der Waals surface area (Å²) in [4.78, 5) is 0. The van der Waals surface area contributed by atoms with Gasteiger partial charge in [0.1, 0.15) is 11.9 Å². The molecule has 0 aliphatic rings. The van der Waals surface area contributed by atoms with Crippen LogP contribution < -0.4 is 10.5 Å². The average molecular weight is 257 g/mol. The van der Waals surface area contributed by atoms with E-state index in [0.29, 0.717) is 5.69 Å². The molecule has 0 fully saturated rings. The molecule has 0 saturated heterocycles. The number of hydrogen-bond acceptors (Lipinski definition) is 3. The molecular weight excluding hydrogens is 238 g/mol. The number of ether oxygens (including phenoxy) is 1. The number of nitrogen functional groups attached to an aromatic ring is 1.